The topological polar surface area (TPSA) is 50.8 Å². The first-order valence-corrected chi connectivity index (χ1v) is 13.9. The van der Waals surface area contributed by atoms with E-state index in [1.165, 1.54) is 0 Å². The number of para-hydroxylation sites is 1. The highest BCUT2D eigenvalue weighted by molar-refractivity contribution is 6.33. The predicted molar refractivity (Wildman–Crippen MR) is 160 cm³/mol. The average Bonchev–Trinajstić information content (AvgIpc) is 3.27. The molecule has 5 aromatic carbocycles. The molecular weight excluding hydrogens is 520 g/mol. The molecule has 0 bridgehead atoms. The highest BCUT2D eigenvalue weighted by Gasteiger charge is 2.54. The van der Waals surface area contributed by atoms with E-state index in [1.807, 2.05) is 72.8 Å². The van der Waals surface area contributed by atoms with Crippen LogP contribution in [0.3, 0.4) is 0 Å². The van der Waals surface area contributed by atoms with Gasteiger partial charge in [0, 0.05) is 41.7 Å². The van der Waals surface area contributed by atoms with Gasteiger partial charge in [-0.15, -0.1) is 0 Å². The maximum absolute atomic E-state index is 13.4. The number of halogens is 1. The van der Waals surface area contributed by atoms with E-state index in [0.29, 0.717) is 22.1 Å². The molecule has 40 heavy (non-hydrogen) atoms. The summed E-state index contributed by atoms with van der Waals surface area (Å²) >= 11 is 6.40. The number of nitrogens with zero attached hydrogens (tertiary/aromatic N) is 1. The second kappa shape index (κ2) is 9.32. The zero-order valence-electron chi connectivity index (χ0n) is 22.2. The fourth-order valence-corrected chi connectivity index (χ4v) is 6.26. The van der Waals surface area contributed by atoms with Gasteiger partial charge in [-0.1, -0.05) is 54.1 Å². The molecule has 2 heterocycles. The molecule has 0 saturated heterocycles. The van der Waals surface area contributed by atoms with Gasteiger partial charge < -0.3 is 19.7 Å². The largest absolute Gasteiger partial charge is 0.456 e. The SMILES string of the molecule is CCN(CC)c1ccc2c(c1)Oc1ccc3cc(Nc4ccccc4Cl)ccc3c1C21OC(=O)c2ccccc21. The molecule has 7 rings (SSSR count). The number of carbonyl (C=O) groups is 1. The number of hydrogen-bond acceptors (Lipinski definition) is 5. The van der Waals surface area contributed by atoms with Crippen molar-refractivity contribution in [2.24, 2.45) is 0 Å². The number of nitrogens with one attached hydrogen (secondary N) is 1. The third-order valence-corrected chi connectivity index (χ3v) is 8.28. The van der Waals surface area contributed by atoms with Crippen molar-refractivity contribution >= 4 is 45.4 Å². The molecule has 0 fully saturated rings. The van der Waals surface area contributed by atoms with E-state index in [9.17, 15) is 4.79 Å². The summed E-state index contributed by atoms with van der Waals surface area (Å²) < 4.78 is 13.0. The summed E-state index contributed by atoms with van der Waals surface area (Å²) in [6.07, 6.45) is 0. The molecule has 1 N–H and O–H groups in total. The van der Waals surface area contributed by atoms with Gasteiger partial charge in [0.25, 0.3) is 0 Å². The maximum Gasteiger partial charge on any atom is 0.340 e. The van der Waals surface area contributed by atoms with E-state index in [-0.39, 0.29) is 5.97 Å². The Bertz CT molecular complexity index is 1810. The van der Waals surface area contributed by atoms with Gasteiger partial charge in [-0.3, -0.25) is 0 Å². The summed E-state index contributed by atoms with van der Waals surface area (Å²) in [6, 6.07) is 31.7. The number of fused-ring (bicyclic) bond motifs is 8. The molecule has 198 valence electrons. The van der Waals surface area contributed by atoms with E-state index in [0.717, 1.165) is 57.6 Å². The van der Waals surface area contributed by atoms with Crippen molar-refractivity contribution in [1.29, 1.82) is 0 Å². The van der Waals surface area contributed by atoms with Crippen LogP contribution in [0.4, 0.5) is 17.1 Å². The van der Waals surface area contributed by atoms with E-state index < -0.39 is 5.60 Å². The van der Waals surface area contributed by atoms with E-state index in [4.69, 9.17) is 21.1 Å². The Morgan fingerprint density at radius 2 is 1.62 bits per heavy atom. The predicted octanol–water partition coefficient (Wildman–Crippen LogP) is 8.65. The molecule has 0 radical (unpaired) electrons. The monoisotopic (exact) mass is 546 g/mol. The van der Waals surface area contributed by atoms with Crippen LogP contribution in [-0.4, -0.2) is 19.1 Å². The first kappa shape index (κ1) is 24.6. The third-order valence-electron chi connectivity index (χ3n) is 7.95. The minimum absolute atomic E-state index is 0.337. The molecule has 0 saturated carbocycles. The highest BCUT2D eigenvalue weighted by atomic mass is 35.5. The van der Waals surface area contributed by atoms with Crippen LogP contribution in [0.25, 0.3) is 10.8 Å². The lowest BCUT2D eigenvalue weighted by atomic mass is 9.76. The van der Waals surface area contributed by atoms with Crippen LogP contribution >= 0.6 is 11.6 Å². The molecule has 2 aliphatic rings. The maximum atomic E-state index is 13.4. The summed E-state index contributed by atoms with van der Waals surface area (Å²) in [5.41, 5.74) is 4.72. The number of hydrogen-bond donors (Lipinski definition) is 1. The van der Waals surface area contributed by atoms with Crippen molar-refractivity contribution in [3.63, 3.8) is 0 Å². The summed E-state index contributed by atoms with van der Waals surface area (Å²) in [4.78, 5) is 15.6. The van der Waals surface area contributed by atoms with Crippen molar-refractivity contribution in [1.82, 2.24) is 0 Å². The number of anilines is 3. The van der Waals surface area contributed by atoms with E-state index in [1.54, 1.807) is 0 Å². The smallest absolute Gasteiger partial charge is 0.340 e. The molecule has 2 aliphatic heterocycles. The molecule has 5 aromatic rings. The normalized spacial score (nSPS) is 16.6. The Morgan fingerprint density at radius 3 is 2.45 bits per heavy atom. The first-order valence-electron chi connectivity index (χ1n) is 13.5. The van der Waals surface area contributed by atoms with Crippen LogP contribution in [0.2, 0.25) is 5.02 Å². The van der Waals surface area contributed by atoms with Gasteiger partial charge in [0.2, 0.25) is 0 Å². The lowest BCUT2D eigenvalue weighted by molar-refractivity contribution is 0.0229. The lowest BCUT2D eigenvalue weighted by Crippen LogP contribution is -2.33. The lowest BCUT2D eigenvalue weighted by Gasteiger charge is -2.38. The fourth-order valence-electron chi connectivity index (χ4n) is 6.08. The number of benzene rings is 5. The quantitative estimate of drug-likeness (QED) is 0.223. The molecule has 0 aromatic heterocycles. The van der Waals surface area contributed by atoms with Gasteiger partial charge in [-0.05, 0) is 73.2 Å². The van der Waals surface area contributed by atoms with Crippen molar-refractivity contribution < 1.29 is 14.3 Å². The third kappa shape index (κ3) is 3.58. The van der Waals surface area contributed by atoms with Crippen molar-refractivity contribution in [2.45, 2.75) is 19.4 Å². The molecule has 0 aliphatic carbocycles. The van der Waals surface area contributed by atoms with Crippen LogP contribution in [0.5, 0.6) is 11.5 Å². The summed E-state index contributed by atoms with van der Waals surface area (Å²) in [7, 11) is 0. The second-order valence-corrected chi connectivity index (χ2v) is 10.5. The minimum Gasteiger partial charge on any atom is -0.456 e. The Morgan fingerprint density at radius 1 is 0.825 bits per heavy atom. The Balaban J connectivity index is 1.45. The van der Waals surface area contributed by atoms with Crippen LogP contribution < -0.4 is 15.0 Å². The van der Waals surface area contributed by atoms with Gasteiger partial charge in [0.1, 0.15) is 11.5 Å². The van der Waals surface area contributed by atoms with Gasteiger partial charge in [-0.25, -0.2) is 4.79 Å². The zero-order chi connectivity index (χ0) is 27.4. The molecule has 1 atom stereocenters. The Hall–Kier alpha value is -4.48. The standard InChI is InChI=1S/C34H27ClN2O3/c1-3-37(4-2)23-15-17-27-31(20-23)39-30-18-13-21-19-22(36-29-12-8-7-11-28(29)35)14-16-24(21)32(30)34(27)26-10-6-5-9-25(26)33(38)40-34/h5-20,36H,3-4H2,1-2H3. The van der Waals surface area contributed by atoms with Crippen molar-refractivity contribution in [3.05, 3.63) is 124 Å². The van der Waals surface area contributed by atoms with E-state index >= 15 is 0 Å². The van der Waals surface area contributed by atoms with Gasteiger partial charge in [-0.2, -0.15) is 0 Å². The van der Waals surface area contributed by atoms with E-state index in [2.05, 4.69) is 48.3 Å². The number of esters is 1. The fraction of sp³-hybridized carbons (Fsp3) is 0.147. The van der Waals surface area contributed by atoms with Crippen molar-refractivity contribution in [2.75, 3.05) is 23.3 Å². The average molecular weight is 547 g/mol. The number of carbonyl (C=O) groups excluding carboxylic acids is 1. The Kier molecular flexibility index (Phi) is 5.72. The molecular formula is C34H27ClN2O3. The summed E-state index contributed by atoms with van der Waals surface area (Å²) in [5.74, 6) is 1.03. The Labute approximate surface area is 237 Å². The van der Waals surface area contributed by atoms with Gasteiger partial charge in [0.05, 0.1) is 21.8 Å². The van der Waals surface area contributed by atoms with Crippen LogP contribution in [0, 0.1) is 0 Å². The van der Waals surface area contributed by atoms with Crippen molar-refractivity contribution in [3.8, 4) is 11.5 Å². The summed E-state index contributed by atoms with van der Waals surface area (Å²) in [5, 5.41) is 6.00. The molecule has 1 spiro atoms. The number of ether oxygens (including phenoxy) is 2. The summed E-state index contributed by atoms with van der Waals surface area (Å²) in [6.45, 7) is 6.03. The molecule has 1 unspecified atom stereocenters. The molecule has 0 amide bonds. The number of rotatable bonds is 5. The van der Waals surface area contributed by atoms with Gasteiger partial charge >= 0.3 is 5.97 Å². The van der Waals surface area contributed by atoms with Crippen LogP contribution in [0.1, 0.15) is 40.9 Å². The van der Waals surface area contributed by atoms with Crippen LogP contribution in [-0.2, 0) is 10.3 Å². The van der Waals surface area contributed by atoms with Gasteiger partial charge in [0.15, 0.2) is 5.60 Å². The minimum atomic E-state index is -1.13. The van der Waals surface area contributed by atoms with Crippen LogP contribution in [0.15, 0.2) is 97.1 Å². The molecule has 5 nitrogen and oxygen atoms in total. The highest BCUT2D eigenvalue weighted by Crippen LogP contribution is 2.58. The second-order valence-electron chi connectivity index (χ2n) is 10.1. The zero-order valence-corrected chi connectivity index (χ0v) is 23.0. The first-order chi connectivity index (χ1) is 19.5. The molecule has 6 heteroatoms.